The van der Waals surface area contributed by atoms with Gasteiger partial charge in [-0.2, -0.15) is 0 Å². The SMILES string of the molecule is CCc1cc(=O)[nH]c(-c2cccc(NC(=O)c3sc4cccc(F)c4c3COC)c2)n1. The summed E-state index contributed by atoms with van der Waals surface area (Å²) >= 11 is 1.22. The number of nitrogens with zero attached hydrogens (tertiary/aromatic N) is 1. The third-order valence-electron chi connectivity index (χ3n) is 4.81. The van der Waals surface area contributed by atoms with Crippen molar-refractivity contribution in [2.24, 2.45) is 0 Å². The smallest absolute Gasteiger partial charge is 0.266 e. The fourth-order valence-electron chi connectivity index (χ4n) is 3.39. The molecule has 2 aromatic carbocycles. The fourth-order valence-corrected chi connectivity index (χ4v) is 4.51. The first kappa shape index (κ1) is 20.9. The van der Waals surface area contributed by atoms with Crippen LogP contribution >= 0.6 is 11.3 Å². The van der Waals surface area contributed by atoms with Crippen molar-refractivity contribution in [1.29, 1.82) is 0 Å². The number of aromatic amines is 1. The van der Waals surface area contributed by atoms with E-state index in [2.05, 4.69) is 15.3 Å². The van der Waals surface area contributed by atoms with Crippen LogP contribution in [-0.2, 0) is 17.8 Å². The number of amides is 1. The molecule has 158 valence electrons. The van der Waals surface area contributed by atoms with Gasteiger partial charge in [0, 0.05) is 45.8 Å². The highest BCUT2D eigenvalue weighted by Crippen LogP contribution is 2.34. The number of anilines is 1. The number of nitrogens with one attached hydrogen (secondary N) is 2. The third-order valence-corrected chi connectivity index (χ3v) is 6.01. The highest BCUT2D eigenvalue weighted by molar-refractivity contribution is 7.21. The molecule has 2 aromatic heterocycles. The molecule has 4 rings (SSSR count). The summed E-state index contributed by atoms with van der Waals surface area (Å²) in [6, 6.07) is 13.3. The highest BCUT2D eigenvalue weighted by atomic mass is 32.1. The highest BCUT2D eigenvalue weighted by Gasteiger charge is 2.21. The van der Waals surface area contributed by atoms with Crippen LogP contribution in [0.25, 0.3) is 21.5 Å². The van der Waals surface area contributed by atoms with Crippen molar-refractivity contribution in [3.05, 3.63) is 80.8 Å². The first-order chi connectivity index (χ1) is 15.0. The molecule has 2 N–H and O–H groups in total. The third kappa shape index (κ3) is 4.26. The molecule has 1 amide bonds. The summed E-state index contributed by atoms with van der Waals surface area (Å²) in [4.78, 5) is 32.5. The van der Waals surface area contributed by atoms with E-state index < -0.39 is 0 Å². The van der Waals surface area contributed by atoms with Gasteiger partial charge in [-0.1, -0.05) is 25.1 Å². The molecular weight excluding hydrogens is 417 g/mol. The molecule has 4 aromatic rings. The van der Waals surface area contributed by atoms with Crippen molar-refractivity contribution in [3.8, 4) is 11.4 Å². The van der Waals surface area contributed by atoms with Crippen molar-refractivity contribution in [2.45, 2.75) is 20.0 Å². The van der Waals surface area contributed by atoms with Crippen molar-refractivity contribution >= 4 is 33.0 Å². The summed E-state index contributed by atoms with van der Waals surface area (Å²) in [7, 11) is 1.51. The Labute approximate surface area is 181 Å². The Hall–Kier alpha value is -3.36. The first-order valence-electron chi connectivity index (χ1n) is 9.71. The number of benzene rings is 2. The summed E-state index contributed by atoms with van der Waals surface area (Å²) in [5.74, 6) is -0.300. The average molecular weight is 437 g/mol. The molecule has 0 spiro atoms. The van der Waals surface area contributed by atoms with Gasteiger partial charge in [-0.05, 0) is 30.7 Å². The molecule has 0 bridgehead atoms. The monoisotopic (exact) mass is 437 g/mol. The van der Waals surface area contributed by atoms with Gasteiger partial charge in [0.15, 0.2) is 0 Å². The Kier molecular flexibility index (Phi) is 5.92. The van der Waals surface area contributed by atoms with E-state index in [4.69, 9.17) is 4.74 Å². The summed E-state index contributed by atoms with van der Waals surface area (Å²) in [5.41, 5.74) is 2.19. The molecule has 0 aliphatic heterocycles. The summed E-state index contributed by atoms with van der Waals surface area (Å²) in [6.07, 6.45) is 0.637. The van der Waals surface area contributed by atoms with Gasteiger partial charge in [0.05, 0.1) is 11.5 Å². The lowest BCUT2D eigenvalue weighted by molar-refractivity contribution is 0.102. The summed E-state index contributed by atoms with van der Waals surface area (Å²) in [6.45, 7) is 2.05. The van der Waals surface area contributed by atoms with E-state index in [9.17, 15) is 14.0 Å². The second kappa shape index (κ2) is 8.79. The van der Waals surface area contributed by atoms with Crippen LogP contribution in [0.5, 0.6) is 0 Å². The van der Waals surface area contributed by atoms with E-state index in [1.165, 1.54) is 30.6 Å². The number of H-pyrrole nitrogens is 1. The van der Waals surface area contributed by atoms with Crippen LogP contribution in [0.15, 0.2) is 53.3 Å². The van der Waals surface area contributed by atoms with Crippen molar-refractivity contribution in [2.75, 3.05) is 12.4 Å². The number of methoxy groups -OCH3 is 1. The van der Waals surface area contributed by atoms with Crippen molar-refractivity contribution < 1.29 is 13.9 Å². The van der Waals surface area contributed by atoms with Gasteiger partial charge in [0.25, 0.3) is 11.5 Å². The standard InChI is InChI=1S/C23H20FN3O3S/c1-3-14-11-19(28)27-22(25-14)13-6-4-7-15(10-13)26-23(29)21-16(12-30-2)20-17(24)8-5-9-18(20)31-21/h4-11H,3,12H2,1-2H3,(H,26,29)(H,25,27,28). The molecule has 0 saturated carbocycles. The van der Waals surface area contributed by atoms with Crippen LogP contribution in [0.4, 0.5) is 10.1 Å². The number of hydrogen-bond acceptors (Lipinski definition) is 5. The molecule has 6 nitrogen and oxygen atoms in total. The van der Waals surface area contributed by atoms with E-state index in [-0.39, 0.29) is 23.9 Å². The van der Waals surface area contributed by atoms with Gasteiger partial charge in [-0.3, -0.25) is 9.59 Å². The lowest BCUT2D eigenvalue weighted by atomic mass is 10.1. The molecule has 2 heterocycles. The van der Waals surface area contributed by atoms with Crippen molar-refractivity contribution in [1.82, 2.24) is 9.97 Å². The first-order valence-corrected chi connectivity index (χ1v) is 10.5. The number of ether oxygens (including phenoxy) is 1. The Morgan fingerprint density at radius 2 is 2.03 bits per heavy atom. The van der Waals surface area contributed by atoms with Crippen LogP contribution in [0.1, 0.15) is 27.9 Å². The van der Waals surface area contributed by atoms with Crippen LogP contribution in [0, 0.1) is 5.82 Å². The summed E-state index contributed by atoms with van der Waals surface area (Å²) in [5, 5.41) is 3.27. The van der Waals surface area contributed by atoms with Gasteiger partial charge >= 0.3 is 0 Å². The number of halogens is 1. The molecule has 0 aliphatic rings. The number of hydrogen-bond donors (Lipinski definition) is 2. The molecule has 0 radical (unpaired) electrons. The molecule has 0 aliphatic carbocycles. The molecular formula is C23H20FN3O3S. The van der Waals surface area contributed by atoms with Crippen LogP contribution < -0.4 is 10.9 Å². The quantitative estimate of drug-likeness (QED) is 0.456. The minimum atomic E-state index is -0.382. The molecule has 31 heavy (non-hydrogen) atoms. The number of carbonyl (C=O) groups is 1. The van der Waals surface area contributed by atoms with E-state index in [1.54, 1.807) is 36.4 Å². The number of aromatic nitrogens is 2. The largest absolute Gasteiger partial charge is 0.380 e. The zero-order valence-corrected chi connectivity index (χ0v) is 17.8. The van der Waals surface area contributed by atoms with Gasteiger partial charge in [-0.15, -0.1) is 11.3 Å². The number of carbonyl (C=O) groups excluding carboxylic acids is 1. The normalized spacial score (nSPS) is 11.1. The molecule has 8 heteroatoms. The Balaban J connectivity index is 1.68. The van der Waals surface area contributed by atoms with Crippen molar-refractivity contribution in [3.63, 3.8) is 0 Å². The van der Waals surface area contributed by atoms with Gasteiger partial charge in [0.1, 0.15) is 11.6 Å². The minimum Gasteiger partial charge on any atom is -0.380 e. The Morgan fingerprint density at radius 1 is 1.23 bits per heavy atom. The van der Waals surface area contributed by atoms with Crippen LogP contribution in [-0.4, -0.2) is 23.0 Å². The fraction of sp³-hybridized carbons (Fsp3) is 0.174. The predicted molar refractivity (Wildman–Crippen MR) is 120 cm³/mol. The molecule has 0 fully saturated rings. The number of fused-ring (bicyclic) bond motifs is 1. The van der Waals surface area contributed by atoms with Gasteiger partial charge < -0.3 is 15.0 Å². The topological polar surface area (TPSA) is 84.1 Å². The lowest BCUT2D eigenvalue weighted by Crippen LogP contribution is -2.13. The Bertz CT molecular complexity index is 1330. The second-order valence-electron chi connectivity index (χ2n) is 6.93. The number of aryl methyl sites for hydroxylation is 1. The maximum Gasteiger partial charge on any atom is 0.266 e. The molecule has 0 saturated heterocycles. The molecule has 0 atom stereocenters. The minimum absolute atomic E-state index is 0.124. The molecule has 0 unspecified atom stereocenters. The van der Waals surface area contributed by atoms with Crippen LogP contribution in [0.2, 0.25) is 0 Å². The Morgan fingerprint density at radius 3 is 2.81 bits per heavy atom. The average Bonchev–Trinajstić information content (AvgIpc) is 3.13. The lowest BCUT2D eigenvalue weighted by Gasteiger charge is -2.09. The predicted octanol–water partition coefficient (Wildman–Crippen LogP) is 4.75. The second-order valence-corrected chi connectivity index (χ2v) is 7.98. The van der Waals surface area contributed by atoms with E-state index in [0.717, 1.165) is 0 Å². The zero-order valence-electron chi connectivity index (χ0n) is 17.0. The van der Waals surface area contributed by atoms with Gasteiger partial charge in [0.2, 0.25) is 0 Å². The number of thiophene rings is 1. The van der Waals surface area contributed by atoms with Crippen LogP contribution in [0.3, 0.4) is 0 Å². The summed E-state index contributed by atoms with van der Waals surface area (Å²) < 4.78 is 20.3. The maximum absolute atomic E-state index is 14.4. The van der Waals surface area contributed by atoms with Gasteiger partial charge in [-0.25, -0.2) is 9.37 Å². The van der Waals surface area contributed by atoms with E-state index >= 15 is 0 Å². The zero-order chi connectivity index (χ0) is 22.0. The van der Waals surface area contributed by atoms with E-state index in [1.807, 2.05) is 6.92 Å². The maximum atomic E-state index is 14.4. The number of rotatable bonds is 6. The van der Waals surface area contributed by atoms with E-state index in [0.29, 0.717) is 49.7 Å².